The highest BCUT2D eigenvalue weighted by Gasteiger charge is 2.22. The molecule has 1 atom stereocenters. The fourth-order valence-electron chi connectivity index (χ4n) is 2.00. The molecule has 5 nitrogen and oxygen atoms in total. The van der Waals surface area contributed by atoms with Gasteiger partial charge in [-0.1, -0.05) is 32.9 Å². The molecule has 23 heavy (non-hydrogen) atoms. The van der Waals surface area contributed by atoms with Gasteiger partial charge in [-0.25, -0.2) is 12.7 Å². The van der Waals surface area contributed by atoms with E-state index in [0.29, 0.717) is 30.9 Å². The Labute approximate surface area is 145 Å². The molecule has 1 rings (SSSR count). The average Bonchev–Trinajstić information content (AvgIpc) is 2.51. The highest BCUT2D eigenvalue weighted by Crippen LogP contribution is 2.18. The van der Waals surface area contributed by atoms with Crippen LogP contribution in [0.4, 0.5) is 0 Å². The molecular weight excluding hydrogens is 336 g/mol. The van der Waals surface area contributed by atoms with Crippen LogP contribution >= 0.6 is 12.4 Å². The van der Waals surface area contributed by atoms with Crippen LogP contribution in [0, 0.1) is 5.92 Å². The lowest BCUT2D eigenvalue weighted by Gasteiger charge is -2.21. The van der Waals surface area contributed by atoms with Gasteiger partial charge in [-0.2, -0.15) is 0 Å². The van der Waals surface area contributed by atoms with Crippen molar-refractivity contribution < 1.29 is 13.2 Å². The van der Waals surface area contributed by atoms with Crippen LogP contribution in [0.5, 0.6) is 0 Å². The van der Waals surface area contributed by atoms with E-state index in [0.717, 1.165) is 0 Å². The van der Waals surface area contributed by atoms with Crippen molar-refractivity contribution in [3.8, 4) is 0 Å². The van der Waals surface area contributed by atoms with Crippen molar-refractivity contribution in [2.75, 3.05) is 13.6 Å². The number of sulfonamides is 1. The number of hydrogen-bond acceptors (Lipinski definition) is 4. The Morgan fingerprint density at radius 1 is 1.30 bits per heavy atom. The van der Waals surface area contributed by atoms with Gasteiger partial charge in [0.05, 0.1) is 4.90 Å². The van der Waals surface area contributed by atoms with Crippen LogP contribution in [0.15, 0.2) is 29.2 Å². The van der Waals surface area contributed by atoms with Crippen LogP contribution in [-0.4, -0.2) is 38.1 Å². The van der Waals surface area contributed by atoms with E-state index in [1.165, 1.54) is 23.5 Å². The van der Waals surface area contributed by atoms with Crippen molar-refractivity contribution in [2.24, 2.45) is 11.7 Å². The van der Waals surface area contributed by atoms with Crippen molar-refractivity contribution in [1.82, 2.24) is 4.31 Å². The van der Waals surface area contributed by atoms with Crippen molar-refractivity contribution in [1.29, 1.82) is 0 Å². The molecule has 1 aromatic rings. The molecule has 0 radical (unpaired) electrons. The summed E-state index contributed by atoms with van der Waals surface area (Å²) in [5, 5.41) is 0. The van der Waals surface area contributed by atoms with Gasteiger partial charge in [0.1, 0.15) is 0 Å². The maximum atomic E-state index is 12.6. The second kappa shape index (κ2) is 9.37. The van der Waals surface area contributed by atoms with Gasteiger partial charge in [0, 0.05) is 31.6 Å². The van der Waals surface area contributed by atoms with E-state index < -0.39 is 10.0 Å². The van der Waals surface area contributed by atoms with Crippen molar-refractivity contribution in [2.45, 2.75) is 44.6 Å². The van der Waals surface area contributed by atoms with Crippen LogP contribution in [0.3, 0.4) is 0 Å². The topological polar surface area (TPSA) is 80.5 Å². The van der Waals surface area contributed by atoms with E-state index in [-0.39, 0.29) is 29.1 Å². The van der Waals surface area contributed by atoms with Crippen LogP contribution in [0.25, 0.3) is 0 Å². The van der Waals surface area contributed by atoms with Gasteiger partial charge in [0.15, 0.2) is 5.78 Å². The minimum atomic E-state index is -3.60. The van der Waals surface area contributed by atoms with Crippen LogP contribution in [0.2, 0.25) is 0 Å². The third-order valence-electron chi connectivity index (χ3n) is 3.82. The molecule has 0 aliphatic carbocycles. The molecule has 0 bridgehead atoms. The summed E-state index contributed by atoms with van der Waals surface area (Å²) >= 11 is 0. The summed E-state index contributed by atoms with van der Waals surface area (Å²) < 4.78 is 26.4. The molecule has 0 heterocycles. The number of Topliss-reactive ketones (excluding diaryl/α,β-unsaturated/α-hetero) is 1. The third kappa shape index (κ3) is 5.88. The molecule has 0 saturated carbocycles. The summed E-state index contributed by atoms with van der Waals surface area (Å²) in [5.74, 6) is 0.239. The molecule has 0 aliphatic heterocycles. The smallest absolute Gasteiger partial charge is 0.242 e. The number of halogens is 1. The van der Waals surface area contributed by atoms with E-state index >= 15 is 0 Å². The standard InChI is InChI=1S/C16H26N2O3S.ClH/c1-5-16(19)13-7-6-8-14(11-13)22(20,21)18(4)10-9-15(17)12(2)3;/h6-8,11-12,15H,5,9-10,17H2,1-4H3;1H. The monoisotopic (exact) mass is 362 g/mol. The fraction of sp³-hybridized carbons (Fsp3) is 0.562. The zero-order chi connectivity index (χ0) is 16.9. The van der Waals surface area contributed by atoms with Gasteiger partial charge in [-0.05, 0) is 24.5 Å². The van der Waals surface area contributed by atoms with E-state index in [1.54, 1.807) is 19.1 Å². The predicted molar refractivity (Wildman–Crippen MR) is 95.6 cm³/mol. The number of ketones is 1. The summed E-state index contributed by atoms with van der Waals surface area (Å²) in [6.07, 6.45) is 0.948. The predicted octanol–water partition coefficient (Wildman–Crippen LogP) is 2.70. The van der Waals surface area contributed by atoms with Crippen LogP contribution in [-0.2, 0) is 10.0 Å². The second-order valence-electron chi connectivity index (χ2n) is 5.83. The Bertz CT molecular complexity index is 618. The van der Waals surface area contributed by atoms with Gasteiger partial charge in [0.25, 0.3) is 0 Å². The Morgan fingerprint density at radius 3 is 2.43 bits per heavy atom. The summed E-state index contributed by atoms with van der Waals surface area (Å²) in [4.78, 5) is 11.9. The molecular formula is C16H27ClN2O3S. The zero-order valence-electron chi connectivity index (χ0n) is 14.2. The molecule has 0 saturated heterocycles. The third-order valence-corrected chi connectivity index (χ3v) is 5.67. The Morgan fingerprint density at radius 2 is 1.91 bits per heavy atom. The first-order valence-electron chi connectivity index (χ1n) is 7.55. The summed E-state index contributed by atoms with van der Waals surface area (Å²) in [6, 6.07) is 6.16. The molecule has 0 amide bonds. The highest BCUT2D eigenvalue weighted by atomic mass is 35.5. The van der Waals surface area contributed by atoms with Gasteiger partial charge in [-0.15, -0.1) is 12.4 Å². The quantitative estimate of drug-likeness (QED) is 0.721. The minimum absolute atomic E-state index is 0. The number of carbonyl (C=O) groups excluding carboxylic acids is 1. The Hall–Kier alpha value is -0.950. The lowest BCUT2D eigenvalue weighted by molar-refractivity contribution is 0.0988. The number of nitrogens with two attached hydrogens (primary N) is 1. The maximum absolute atomic E-state index is 12.6. The second-order valence-corrected chi connectivity index (χ2v) is 7.87. The SMILES string of the molecule is CCC(=O)c1cccc(S(=O)(=O)N(C)CCC(N)C(C)C)c1.Cl. The van der Waals surface area contributed by atoms with Gasteiger partial charge >= 0.3 is 0 Å². The Balaban J connectivity index is 0.00000484. The molecule has 0 aliphatic rings. The summed E-state index contributed by atoms with van der Waals surface area (Å²) in [7, 11) is -2.06. The Kier molecular flexibility index (Phi) is 8.98. The molecule has 7 heteroatoms. The molecule has 1 aromatic carbocycles. The van der Waals surface area contributed by atoms with E-state index in [4.69, 9.17) is 5.73 Å². The molecule has 2 N–H and O–H groups in total. The number of nitrogens with zero attached hydrogens (tertiary/aromatic N) is 1. The average molecular weight is 363 g/mol. The molecule has 132 valence electrons. The van der Waals surface area contributed by atoms with E-state index in [1.807, 2.05) is 13.8 Å². The zero-order valence-corrected chi connectivity index (χ0v) is 15.8. The number of hydrogen-bond donors (Lipinski definition) is 1. The molecule has 0 aromatic heterocycles. The van der Waals surface area contributed by atoms with Gasteiger partial charge in [0.2, 0.25) is 10.0 Å². The molecule has 0 spiro atoms. The minimum Gasteiger partial charge on any atom is -0.327 e. The largest absolute Gasteiger partial charge is 0.327 e. The molecule has 1 unspecified atom stereocenters. The van der Waals surface area contributed by atoms with Crippen molar-refractivity contribution in [3.63, 3.8) is 0 Å². The summed E-state index contributed by atoms with van der Waals surface area (Å²) in [6.45, 7) is 6.13. The molecule has 0 fully saturated rings. The van der Waals surface area contributed by atoms with Crippen molar-refractivity contribution >= 4 is 28.2 Å². The lowest BCUT2D eigenvalue weighted by Crippen LogP contribution is -2.34. The maximum Gasteiger partial charge on any atom is 0.242 e. The highest BCUT2D eigenvalue weighted by molar-refractivity contribution is 7.89. The van der Waals surface area contributed by atoms with Gasteiger partial charge in [-0.3, -0.25) is 4.79 Å². The first kappa shape index (κ1) is 22.1. The van der Waals surface area contributed by atoms with Crippen molar-refractivity contribution in [3.05, 3.63) is 29.8 Å². The number of carbonyl (C=O) groups is 1. The lowest BCUT2D eigenvalue weighted by atomic mass is 10.0. The number of benzene rings is 1. The first-order chi connectivity index (χ1) is 10.2. The first-order valence-corrected chi connectivity index (χ1v) is 8.99. The van der Waals surface area contributed by atoms with Crippen LogP contribution < -0.4 is 5.73 Å². The number of rotatable bonds is 8. The normalized spacial score (nSPS) is 13.0. The van der Waals surface area contributed by atoms with Gasteiger partial charge < -0.3 is 5.73 Å². The summed E-state index contributed by atoms with van der Waals surface area (Å²) in [5.41, 5.74) is 6.39. The van der Waals surface area contributed by atoms with Crippen LogP contribution in [0.1, 0.15) is 44.0 Å². The fourth-order valence-corrected chi connectivity index (χ4v) is 3.23. The van der Waals surface area contributed by atoms with E-state index in [2.05, 4.69) is 0 Å². The van der Waals surface area contributed by atoms with E-state index in [9.17, 15) is 13.2 Å².